The van der Waals surface area contributed by atoms with Gasteiger partial charge in [-0.15, -0.1) is 0 Å². The number of carbonyl (C=O) groups excluding carboxylic acids is 4. The molecule has 8 nitrogen and oxygen atoms in total. The van der Waals surface area contributed by atoms with Crippen molar-refractivity contribution in [2.75, 3.05) is 10.2 Å². The lowest BCUT2D eigenvalue weighted by Crippen LogP contribution is -2.45. The Labute approximate surface area is 195 Å². The molecular weight excluding hydrogens is 439 g/mol. The van der Waals surface area contributed by atoms with Crippen LogP contribution in [0.2, 0.25) is 0 Å². The summed E-state index contributed by atoms with van der Waals surface area (Å²) >= 11 is 0. The molecule has 4 rings (SSSR count). The molecule has 1 saturated heterocycles. The number of hydrogen-bond acceptors (Lipinski definition) is 5. The number of imide groups is 1. The normalized spacial score (nSPS) is 15.4. The summed E-state index contributed by atoms with van der Waals surface area (Å²) in [5, 5.41) is 2.62. The van der Waals surface area contributed by atoms with E-state index in [0.717, 1.165) is 4.90 Å². The Morgan fingerprint density at radius 2 is 1.79 bits per heavy atom. The summed E-state index contributed by atoms with van der Waals surface area (Å²) in [6.45, 7) is 1.42. The molecule has 1 aliphatic heterocycles. The highest BCUT2D eigenvalue weighted by Gasteiger charge is 2.44. The number of nitrogens with zero attached hydrogens (tertiary/aromatic N) is 3. The van der Waals surface area contributed by atoms with Crippen LogP contribution in [-0.4, -0.2) is 39.6 Å². The van der Waals surface area contributed by atoms with E-state index in [9.17, 15) is 23.6 Å². The van der Waals surface area contributed by atoms with Gasteiger partial charge in [-0.3, -0.25) is 24.2 Å². The fourth-order valence-electron chi connectivity index (χ4n) is 3.80. The largest absolute Gasteiger partial charge is 0.326 e. The molecule has 172 valence electrons. The predicted molar refractivity (Wildman–Crippen MR) is 122 cm³/mol. The first-order chi connectivity index (χ1) is 16.3. The fourth-order valence-corrected chi connectivity index (χ4v) is 3.80. The Morgan fingerprint density at radius 3 is 2.41 bits per heavy atom. The number of pyridine rings is 1. The number of amides is 4. The van der Waals surface area contributed by atoms with Gasteiger partial charge in [0.1, 0.15) is 11.9 Å². The topological polar surface area (TPSA) is 99.7 Å². The zero-order valence-corrected chi connectivity index (χ0v) is 18.3. The minimum absolute atomic E-state index is 0.0447. The minimum atomic E-state index is -1.04. The lowest BCUT2D eigenvalue weighted by Gasteiger charge is -2.28. The number of benzene rings is 2. The van der Waals surface area contributed by atoms with E-state index in [1.54, 1.807) is 48.8 Å². The van der Waals surface area contributed by atoms with Crippen molar-refractivity contribution >= 4 is 35.0 Å². The van der Waals surface area contributed by atoms with Crippen molar-refractivity contribution in [3.63, 3.8) is 0 Å². The molecule has 1 fully saturated rings. The maximum atomic E-state index is 13.4. The highest BCUT2D eigenvalue weighted by molar-refractivity contribution is 6.23. The highest BCUT2D eigenvalue weighted by Crippen LogP contribution is 2.28. The third-order valence-corrected chi connectivity index (χ3v) is 5.37. The van der Waals surface area contributed by atoms with Crippen LogP contribution in [0, 0.1) is 5.82 Å². The van der Waals surface area contributed by atoms with Gasteiger partial charge in [0.15, 0.2) is 0 Å². The zero-order valence-electron chi connectivity index (χ0n) is 18.3. The van der Waals surface area contributed by atoms with E-state index < -0.39 is 29.6 Å². The van der Waals surface area contributed by atoms with E-state index in [4.69, 9.17) is 0 Å². The molecule has 1 aliphatic rings. The smallest absolute Gasteiger partial charge is 0.257 e. The van der Waals surface area contributed by atoms with Gasteiger partial charge >= 0.3 is 0 Å². The number of halogens is 1. The van der Waals surface area contributed by atoms with Gasteiger partial charge < -0.3 is 10.2 Å². The molecule has 0 spiro atoms. The molecule has 4 amide bonds. The van der Waals surface area contributed by atoms with E-state index in [1.807, 2.05) is 0 Å². The molecule has 3 aromatic rings. The third-order valence-electron chi connectivity index (χ3n) is 5.37. The number of hydrogen-bond donors (Lipinski definition) is 1. The third kappa shape index (κ3) is 4.83. The monoisotopic (exact) mass is 460 g/mol. The molecule has 0 bridgehead atoms. The van der Waals surface area contributed by atoms with Crippen molar-refractivity contribution in [1.29, 1.82) is 0 Å². The van der Waals surface area contributed by atoms with Crippen LogP contribution in [0.3, 0.4) is 0 Å². The van der Waals surface area contributed by atoms with E-state index in [1.165, 1.54) is 36.1 Å². The summed E-state index contributed by atoms with van der Waals surface area (Å²) in [4.78, 5) is 57.2. The standard InChI is InChI=1S/C25H21FN4O4/c1-16(31)28-20-8-10-21(11-9-20)30-23(32)13-22(25(30)34)29(15-17-3-2-12-27-14-17)24(33)18-4-6-19(26)7-5-18/h2-12,14,22H,13,15H2,1H3,(H,28,31). The molecule has 0 aliphatic carbocycles. The van der Waals surface area contributed by atoms with Crippen LogP contribution in [0.1, 0.15) is 29.3 Å². The lowest BCUT2D eigenvalue weighted by molar-refractivity contribution is -0.122. The van der Waals surface area contributed by atoms with Crippen molar-refractivity contribution in [2.45, 2.75) is 25.9 Å². The average Bonchev–Trinajstić information content (AvgIpc) is 3.12. The Balaban J connectivity index is 1.64. The molecule has 1 atom stereocenters. The van der Waals surface area contributed by atoms with Crippen molar-refractivity contribution < 1.29 is 23.6 Å². The predicted octanol–water partition coefficient (Wildman–Crippen LogP) is 3.15. The summed E-state index contributed by atoms with van der Waals surface area (Å²) in [6.07, 6.45) is 2.97. The zero-order chi connectivity index (χ0) is 24.2. The second-order valence-electron chi connectivity index (χ2n) is 7.82. The Kier molecular flexibility index (Phi) is 6.44. The van der Waals surface area contributed by atoms with Crippen LogP contribution in [0.4, 0.5) is 15.8 Å². The molecule has 9 heteroatoms. The molecule has 2 heterocycles. The Morgan fingerprint density at radius 1 is 1.09 bits per heavy atom. The van der Waals surface area contributed by atoms with Crippen LogP contribution < -0.4 is 10.2 Å². The van der Waals surface area contributed by atoms with Gasteiger partial charge in [-0.05, 0) is 60.2 Å². The Hall–Kier alpha value is -4.40. The van der Waals surface area contributed by atoms with Crippen molar-refractivity contribution in [2.24, 2.45) is 0 Å². The summed E-state index contributed by atoms with van der Waals surface area (Å²) in [7, 11) is 0. The van der Waals surface area contributed by atoms with E-state index in [-0.39, 0.29) is 24.4 Å². The fraction of sp³-hybridized carbons (Fsp3) is 0.160. The van der Waals surface area contributed by atoms with Crippen LogP contribution in [0.25, 0.3) is 0 Å². The van der Waals surface area contributed by atoms with Gasteiger partial charge in [0.05, 0.1) is 12.1 Å². The lowest BCUT2D eigenvalue weighted by atomic mass is 10.1. The molecular formula is C25H21FN4O4. The van der Waals surface area contributed by atoms with Crippen molar-refractivity contribution in [1.82, 2.24) is 9.88 Å². The van der Waals surface area contributed by atoms with Crippen LogP contribution in [-0.2, 0) is 20.9 Å². The number of anilines is 2. The first-order valence-electron chi connectivity index (χ1n) is 10.5. The van der Waals surface area contributed by atoms with Crippen molar-refractivity contribution in [3.05, 3.63) is 90.0 Å². The van der Waals surface area contributed by atoms with Crippen LogP contribution >= 0.6 is 0 Å². The van der Waals surface area contributed by atoms with Gasteiger partial charge in [-0.1, -0.05) is 6.07 Å². The number of carbonyl (C=O) groups is 4. The molecule has 34 heavy (non-hydrogen) atoms. The second-order valence-corrected chi connectivity index (χ2v) is 7.82. The van der Waals surface area contributed by atoms with Gasteiger partial charge in [0.25, 0.3) is 11.8 Å². The first-order valence-corrected chi connectivity index (χ1v) is 10.5. The Bertz CT molecular complexity index is 1230. The molecule has 2 aromatic carbocycles. The van der Waals surface area contributed by atoms with Gasteiger partial charge in [0, 0.05) is 37.1 Å². The number of rotatable bonds is 6. The van der Waals surface area contributed by atoms with E-state index >= 15 is 0 Å². The van der Waals surface area contributed by atoms with Crippen molar-refractivity contribution in [3.8, 4) is 0 Å². The van der Waals surface area contributed by atoms with Gasteiger partial charge in [-0.25, -0.2) is 9.29 Å². The first kappa shape index (κ1) is 22.8. The number of aromatic nitrogens is 1. The molecule has 1 N–H and O–H groups in total. The summed E-state index contributed by atoms with van der Waals surface area (Å²) in [5.74, 6) is -2.23. The average molecular weight is 460 g/mol. The minimum Gasteiger partial charge on any atom is -0.326 e. The van der Waals surface area contributed by atoms with Gasteiger partial charge in [0.2, 0.25) is 11.8 Å². The second kappa shape index (κ2) is 9.62. The maximum absolute atomic E-state index is 13.4. The SMILES string of the molecule is CC(=O)Nc1ccc(N2C(=O)CC(N(Cc3cccnc3)C(=O)c3ccc(F)cc3)C2=O)cc1. The van der Waals surface area contributed by atoms with E-state index in [0.29, 0.717) is 16.9 Å². The maximum Gasteiger partial charge on any atom is 0.257 e. The van der Waals surface area contributed by atoms with Crippen LogP contribution in [0.5, 0.6) is 0 Å². The molecule has 1 aromatic heterocycles. The molecule has 0 saturated carbocycles. The molecule has 0 radical (unpaired) electrons. The quantitative estimate of drug-likeness (QED) is 0.570. The van der Waals surface area contributed by atoms with Crippen LogP contribution in [0.15, 0.2) is 73.1 Å². The summed E-state index contributed by atoms with van der Waals surface area (Å²) < 4.78 is 13.4. The number of nitrogens with one attached hydrogen (secondary N) is 1. The van der Waals surface area contributed by atoms with E-state index in [2.05, 4.69) is 10.3 Å². The highest BCUT2D eigenvalue weighted by atomic mass is 19.1. The summed E-state index contributed by atoms with van der Waals surface area (Å²) in [5.41, 5.74) is 1.73. The van der Waals surface area contributed by atoms with Gasteiger partial charge in [-0.2, -0.15) is 0 Å². The summed E-state index contributed by atoms with van der Waals surface area (Å²) in [6, 6.07) is 13.7. The molecule has 1 unspecified atom stereocenters.